The van der Waals surface area contributed by atoms with E-state index in [0.717, 1.165) is 6.20 Å². The van der Waals surface area contributed by atoms with Crippen LogP contribution in [0.3, 0.4) is 0 Å². The van der Waals surface area contributed by atoms with Crippen LogP contribution in [0.4, 0.5) is 14.5 Å². The van der Waals surface area contributed by atoms with Crippen molar-refractivity contribution in [2.45, 2.75) is 13.0 Å². The predicted octanol–water partition coefficient (Wildman–Crippen LogP) is 2.04. The van der Waals surface area contributed by atoms with Crippen LogP contribution in [0.15, 0.2) is 6.20 Å². The van der Waals surface area contributed by atoms with E-state index in [1.165, 1.54) is 0 Å². The second-order valence-corrected chi connectivity index (χ2v) is 2.96. The maximum atomic E-state index is 12.5. The number of halogens is 3. The largest absolute Gasteiger partial charge is 0.325 e. The third kappa shape index (κ3) is 2.18. The summed E-state index contributed by atoms with van der Waals surface area (Å²) in [7, 11) is 0. The van der Waals surface area contributed by atoms with E-state index in [4.69, 9.17) is 17.3 Å². The number of alkyl halides is 2. The van der Waals surface area contributed by atoms with Crippen molar-refractivity contribution in [2.24, 2.45) is 5.73 Å². The van der Waals surface area contributed by atoms with Gasteiger partial charge in [0.1, 0.15) is 11.8 Å². The summed E-state index contributed by atoms with van der Waals surface area (Å²) < 4.78 is 25.0. The highest BCUT2D eigenvalue weighted by atomic mass is 35.5. The van der Waals surface area contributed by atoms with Gasteiger partial charge in [-0.3, -0.25) is 15.1 Å². The first-order chi connectivity index (χ1) is 6.99. The Morgan fingerprint density at radius 1 is 1.67 bits per heavy atom. The number of nitrogens with two attached hydrogens (primary N) is 1. The molecule has 0 atom stereocenters. The van der Waals surface area contributed by atoms with Gasteiger partial charge < -0.3 is 5.73 Å². The van der Waals surface area contributed by atoms with E-state index in [1.54, 1.807) is 0 Å². The van der Waals surface area contributed by atoms with E-state index in [2.05, 4.69) is 4.98 Å². The normalized spacial score (nSPS) is 10.7. The van der Waals surface area contributed by atoms with Gasteiger partial charge in [-0.15, -0.1) is 0 Å². The van der Waals surface area contributed by atoms with E-state index < -0.39 is 27.6 Å². The summed E-state index contributed by atoms with van der Waals surface area (Å²) in [5.41, 5.74) is 3.56. The molecule has 0 spiro atoms. The summed E-state index contributed by atoms with van der Waals surface area (Å²) in [4.78, 5) is 13.0. The Hall–Kier alpha value is -1.34. The number of nitro groups is 1. The minimum absolute atomic E-state index is 0.0116. The van der Waals surface area contributed by atoms with E-state index in [0.29, 0.717) is 0 Å². The quantitative estimate of drug-likeness (QED) is 0.644. The average Bonchev–Trinajstić information content (AvgIpc) is 2.16. The fourth-order valence-electron chi connectivity index (χ4n) is 1.03. The van der Waals surface area contributed by atoms with Crippen molar-refractivity contribution < 1.29 is 13.7 Å². The van der Waals surface area contributed by atoms with E-state index in [9.17, 15) is 18.9 Å². The van der Waals surface area contributed by atoms with Crippen LogP contribution in [0.25, 0.3) is 0 Å². The summed E-state index contributed by atoms with van der Waals surface area (Å²) in [5.74, 6) is 0. The monoisotopic (exact) mass is 237 g/mol. The van der Waals surface area contributed by atoms with Crippen LogP contribution in [-0.4, -0.2) is 9.91 Å². The molecule has 1 aromatic rings. The molecule has 0 unspecified atom stereocenters. The van der Waals surface area contributed by atoms with Gasteiger partial charge in [-0.05, 0) is 0 Å². The molecule has 15 heavy (non-hydrogen) atoms. The van der Waals surface area contributed by atoms with Crippen molar-refractivity contribution in [3.63, 3.8) is 0 Å². The smallest absolute Gasteiger partial charge is 0.297 e. The maximum absolute atomic E-state index is 12.5. The molecule has 0 aliphatic rings. The standard InChI is InChI=1S/C7H6ClF2N3O2/c8-6-3(1-11)12-2-4(13(14)15)5(6)7(9)10/h2,7H,1,11H2. The Kier molecular flexibility index (Phi) is 3.48. The van der Waals surface area contributed by atoms with E-state index >= 15 is 0 Å². The lowest BCUT2D eigenvalue weighted by Gasteiger charge is -2.06. The van der Waals surface area contributed by atoms with Crippen LogP contribution in [0.1, 0.15) is 17.7 Å². The first-order valence-corrected chi connectivity index (χ1v) is 4.16. The molecule has 82 valence electrons. The van der Waals surface area contributed by atoms with Crippen molar-refractivity contribution >= 4 is 17.3 Å². The molecule has 0 saturated heterocycles. The van der Waals surface area contributed by atoms with Gasteiger partial charge in [0.05, 0.1) is 15.6 Å². The highest BCUT2D eigenvalue weighted by molar-refractivity contribution is 6.32. The van der Waals surface area contributed by atoms with Gasteiger partial charge in [0.25, 0.3) is 12.1 Å². The molecule has 0 amide bonds. The Morgan fingerprint density at radius 3 is 2.67 bits per heavy atom. The summed E-state index contributed by atoms with van der Waals surface area (Å²) in [6.45, 7) is -0.156. The lowest BCUT2D eigenvalue weighted by molar-refractivity contribution is -0.386. The highest BCUT2D eigenvalue weighted by Crippen LogP contribution is 2.35. The van der Waals surface area contributed by atoms with Crippen molar-refractivity contribution in [1.82, 2.24) is 4.98 Å². The fourth-order valence-corrected chi connectivity index (χ4v) is 1.33. The number of pyridine rings is 1. The fraction of sp³-hybridized carbons (Fsp3) is 0.286. The number of nitrogens with zero attached hydrogens (tertiary/aromatic N) is 2. The van der Waals surface area contributed by atoms with Crippen molar-refractivity contribution in [3.05, 3.63) is 32.6 Å². The van der Waals surface area contributed by atoms with Gasteiger partial charge in [-0.1, -0.05) is 11.6 Å². The first kappa shape index (κ1) is 11.7. The van der Waals surface area contributed by atoms with Crippen LogP contribution in [-0.2, 0) is 6.54 Å². The van der Waals surface area contributed by atoms with Crippen molar-refractivity contribution in [3.8, 4) is 0 Å². The summed E-state index contributed by atoms with van der Waals surface area (Å²) in [6, 6.07) is 0. The minimum Gasteiger partial charge on any atom is -0.325 e. The molecule has 8 heteroatoms. The van der Waals surface area contributed by atoms with Gasteiger partial charge in [0.2, 0.25) is 0 Å². The van der Waals surface area contributed by atoms with Crippen LogP contribution >= 0.6 is 11.6 Å². The van der Waals surface area contributed by atoms with Gasteiger partial charge >= 0.3 is 0 Å². The molecule has 1 rings (SSSR count). The zero-order valence-corrected chi connectivity index (χ0v) is 8.04. The molecule has 2 N–H and O–H groups in total. The molecule has 1 heterocycles. The molecule has 0 bridgehead atoms. The van der Waals surface area contributed by atoms with E-state index in [-0.39, 0.29) is 12.2 Å². The van der Waals surface area contributed by atoms with Crippen molar-refractivity contribution in [2.75, 3.05) is 0 Å². The van der Waals surface area contributed by atoms with Gasteiger partial charge in [0.15, 0.2) is 0 Å². The van der Waals surface area contributed by atoms with Crippen LogP contribution in [0.2, 0.25) is 5.02 Å². The molecule has 0 aromatic carbocycles. The molecule has 0 saturated carbocycles. The molecule has 0 fully saturated rings. The van der Waals surface area contributed by atoms with Crippen LogP contribution in [0.5, 0.6) is 0 Å². The third-order valence-corrected chi connectivity index (χ3v) is 2.14. The van der Waals surface area contributed by atoms with Gasteiger partial charge in [0, 0.05) is 6.54 Å². The van der Waals surface area contributed by atoms with Gasteiger partial charge in [-0.2, -0.15) is 0 Å². The van der Waals surface area contributed by atoms with Crippen LogP contribution in [0, 0.1) is 10.1 Å². The molecular formula is C7H6ClF2N3O2. The topological polar surface area (TPSA) is 82.0 Å². The molecule has 0 aliphatic carbocycles. The number of aromatic nitrogens is 1. The number of hydrogen-bond donors (Lipinski definition) is 1. The Balaban J connectivity index is 3.44. The first-order valence-electron chi connectivity index (χ1n) is 3.79. The molecular weight excluding hydrogens is 232 g/mol. The Morgan fingerprint density at radius 2 is 2.27 bits per heavy atom. The summed E-state index contributed by atoms with van der Waals surface area (Å²) in [5, 5.41) is 9.98. The van der Waals surface area contributed by atoms with Crippen LogP contribution < -0.4 is 5.73 Å². The number of rotatable bonds is 3. The Labute approximate surface area is 88.0 Å². The summed E-state index contributed by atoms with van der Waals surface area (Å²) in [6.07, 6.45) is -2.30. The average molecular weight is 238 g/mol. The summed E-state index contributed by atoms with van der Waals surface area (Å²) >= 11 is 5.53. The second kappa shape index (κ2) is 4.45. The van der Waals surface area contributed by atoms with E-state index in [1.807, 2.05) is 0 Å². The zero-order valence-electron chi connectivity index (χ0n) is 7.28. The SMILES string of the molecule is NCc1ncc([N+](=O)[O-])c(C(F)F)c1Cl. The molecule has 1 aromatic heterocycles. The molecule has 5 nitrogen and oxygen atoms in total. The third-order valence-electron chi connectivity index (χ3n) is 1.72. The predicted molar refractivity (Wildman–Crippen MR) is 48.7 cm³/mol. The molecule has 0 radical (unpaired) electrons. The second-order valence-electron chi connectivity index (χ2n) is 2.58. The highest BCUT2D eigenvalue weighted by Gasteiger charge is 2.27. The maximum Gasteiger partial charge on any atom is 0.297 e. The number of hydrogen-bond acceptors (Lipinski definition) is 4. The molecule has 0 aliphatic heterocycles. The lowest BCUT2D eigenvalue weighted by atomic mass is 10.2. The van der Waals surface area contributed by atoms with Crippen molar-refractivity contribution in [1.29, 1.82) is 0 Å². The lowest BCUT2D eigenvalue weighted by Crippen LogP contribution is -2.06. The minimum atomic E-state index is -3.04. The zero-order chi connectivity index (χ0) is 11.6. The Bertz CT molecular complexity index is 400. The van der Waals surface area contributed by atoms with Gasteiger partial charge in [-0.25, -0.2) is 8.78 Å².